The molecule has 0 aromatic heterocycles. The molecule has 162 valence electrons. The van der Waals surface area contributed by atoms with E-state index >= 15 is 0 Å². The molecule has 0 radical (unpaired) electrons. The summed E-state index contributed by atoms with van der Waals surface area (Å²) in [6, 6.07) is 18.2. The number of likely N-dealkylation sites (tertiary alicyclic amines) is 1. The summed E-state index contributed by atoms with van der Waals surface area (Å²) in [6.45, 7) is 5.98. The molecule has 1 aliphatic heterocycles. The molecule has 1 heterocycles. The molecule has 0 saturated carbocycles. The normalized spacial score (nSPS) is 17.9. The SMILES string of the molecule is CC(CNC(=O)C(C)N1CCC(NS(=O)(=O)c2ccccc2)CC1)c1ccccc1. The van der Waals surface area contributed by atoms with E-state index in [4.69, 9.17) is 0 Å². The molecule has 0 spiro atoms. The number of carbonyl (C=O) groups is 1. The molecule has 0 bridgehead atoms. The van der Waals surface area contributed by atoms with E-state index in [1.54, 1.807) is 30.3 Å². The van der Waals surface area contributed by atoms with Gasteiger partial charge in [0.15, 0.2) is 0 Å². The Morgan fingerprint density at radius 1 is 1.00 bits per heavy atom. The standard InChI is InChI=1S/C23H31N3O3S/c1-18(20-9-5-3-6-10-20)17-24-23(27)19(2)26-15-13-21(14-16-26)25-30(28,29)22-11-7-4-8-12-22/h3-12,18-19,21,25H,13-17H2,1-2H3,(H,24,27). The van der Waals surface area contributed by atoms with Crippen LogP contribution in [0.4, 0.5) is 0 Å². The lowest BCUT2D eigenvalue weighted by Crippen LogP contribution is -2.51. The lowest BCUT2D eigenvalue weighted by atomic mass is 10.0. The van der Waals surface area contributed by atoms with E-state index in [1.807, 2.05) is 25.1 Å². The summed E-state index contributed by atoms with van der Waals surface area (Å²) in [5, 5.41) is 3.06. The first-order valence-electron chi connectivity index (χ1n) is 10.5. The second-order valence-corrected chi connectivity index (χ2v) is 9.69. The maximum atomic E-state index is 12.6. The summed E-state index contributed by atoms with van der Waals surface area (Å²) in [4.78, 5) is 15.0. The van der Waals surface area contributed by atoms with Crippen LogP contribution in [-0.4, -0.2) is 50.9 Å². The Balaban J connectivity index is 1.45. The van der Waals surface area contributed by atoms with Crippen molar-refractivity contribution in [3.8, 4) is 0 Å². The van der Waals surface area contributed by atoms with Crippen molar-refractivity contribution in [2.24, 2.45) is 0 Å². The van der Waals surface area contributed by atoms with Crippen molar-refractivity contribution in [1.82, 2.24) is 14.9 Å². The van der Waals surface area contributed by atoms with E-state index in [9.17, 15) is 13.2 Å². The second kappa shape index (κ2) is 10.2. The van der Waals surface area contributed by atoms with Crippen molar-refractivity contribution in [2.75, 3.05) is 19.6 Å². The molecule has 30 heavy (non-hydrogen) atoms. The van der Waals surface area contributed by atoms with Crippen LogP contribution in [0.1, 0.15) is 38.2 Å². The van der Waals surface area contributed by atoms with E-state index < -0.39 is 10.0 Å². The van der Waals surface area contributed by atoms with Crippen molar-refractivity contribution in [3.05, 3.63) is 66.2 Å². The molecular weight excluding hydrogens is 398 g/mol. The number of benzene rings is 2. The first kappa shape index (κ1) is 22.5. The number of carbonyl (C=O) groups excluding carboxylic acids is 1. The summed E-state index contributed by atoms with van der Waals surface area (Å²) >= 11 is 0. The molecule has 2 unspecified atom stereocenters. The van der Waals surface area contributed by atoms with Crippen LogP contribution in [0.2, 0.25) is 0 Å². The lowest BCUT2D eigenvalue weighted by Gasteiger charge is -2.35. The molecule has 1 amide bonds. The van der Waals surface area contributed by atoms with Crippen molar-refractivity contribution >= 4 is 15.9 Å². The van der Waals surface area contributed by atoms with Crippen LogP contribution < -0.4 is 10.0 Å². The second-order valence-electron chi connectivity index (χ2n) is 7.98. The van der Waals surface area contributed by atoms with Crippen molar-refractivity contribution in [3.63, 3.8) is 0 Å². The van der Waals surface area contributed by atoms with Crippen molar-refractivity contribution < 1.29 is 13.2 Å². The zero-order valence-electron chi connectivity index (χ0n) is 17.6. The maximum Gasteiger partial charge on any atom is 0.240 e. The highest BCUT2D eigenvalue weighted by atomic mass is 32.2. The third kappa shape index (κ3) is 5.90. The zero-order chi connectivity index (χ0) is 21.6. The van der Waals surface area contributed by atoms with Crippen LogP contribution in [0.5, 0.6) is 0 Å². The molecule has 2 aromatic rings. The Bertz CT molecular complexity index is 911. The van der Waals surface area contributed by atoms with Gasteiger partial charge in [0.1, 0.15) is 0 Å². The monoisotopic (exact) mass is 429 g/mol. The number of hydrogen-bond acceptors (Lipinski definition) is 4. The summed E-state index contributed by atoms with van der Waals surface area (Å²) in [6.07, 6.45) is 1.37. The highest BCUT2D eigenvalue weighted by molar-refractivity contribution is 7.89. The Hall–Kier alpha value is -2.22. The fraction of sp³-hybridized carbons (Fsp3) is 0.435. The first-order valence-corrected chi connectivity index (χ1v) is 12.0. The van der Waals surface area contributed by atoms with Gasteiger partial charge in [0.05, 0.1) is 10.9 Å². The number of rotatable bonds is 8. The van der Waals surface area contributed by atoms with Gasteiger partial charge in [0.25, 0.3) is 0 Å². The summed E-state index contributed by atoms with van der Waals surface area (Å²) in [5.41, 5.74) is 1.21. The summed E-state index contributed by atoms with van der Waals surface area (Å²) < 4.78 is 27.8. The van der Waals surface area contributed by atoms with Gasteiger partial charge in [-0.1, -0.05) is 55.5 Å². The van der Waals surface area contributed by atoms with Gasteiger partial charge in [-0.2, -0.15) is 0 Å². The number of sulfonamides is 1. The molecule has 1 fully saturated rings. The van der Waals surface area contributed by atoms with Gasteiger partial charge in [-0.15, -0.1) is 0 Å². The molecule has 1 saturated heterocycles. The fourth-order valence-corrected chi connectivity index (χ4v) is 5.08. The molecule has 0 aliphatic carbocycles. The zero-order valence-corrected chi connectivity index (χ0v) is 18.4. The Morgan fingerprint density at radius 3 is 2.17 bits per heavy atom. The fourth-order valence-electron chi connectivity index (χ4n) is 3.76. The average molecular weight is 430 g/mol. The Kier molecular flexibility index (Phi) is 7.64. The maximum absolute atomic E-state index is 12.6. The number of hydrogen-bond donors (Lipinski definition) is 2. The Morgan fingerprint density at radius 2 is 1.57 bits per heavy atom. The van der Waals surface area contributed by atoms with Crippen molar-refractivity contribution in [2.45, 2.75) is 49.6 Å². The van der Waals surface area contributed by atoms with Crippen LogP contribution in [0.15, 0.2) is 65.6 Å². The molecule has 7 heteroatoms. The minimum Gasteiger partial charge on any atom is -0.354 e. The van der Waals surface area contributed by atoms with Gasteiger partial charge in [0.2, 0.25) is 15.9 Å². The van der Waals surface area contributed by atoms with Gasteiger partial charge in [-0.25, -0.2) is 13.1 Å². The van der Waals surface area contributed by atoms with Gasteiger partial charge in [-0.05, 0) is 43.4 Å². The van der Waals surface area contributed by atoms with Crippen LogP contribution in [0.25, 0.3) is 0 Å². The minimum absolute atomic E-state index is 0.0149. The lowest BCUT2D eigenvalue weighted by molar-refractivity contribution is -0.126. The van der Waals surface area contributed by atoms with E-state index in [0.717, 1.165) is 0 Å². The number of nitrogens with zero attached hydrogens (tertiary/aromatic N) is 1. The van der Waals surface area contributed by atoms with E-state index in [2.05, 4.69) is 34.0 Å². The highest BCUT2D eigenvalue weighted by Gasteiger charge is 2.29. The van der Waals surface area contributed by atoms with Gasteiger partial charge in [0, 0.05) is 25.7 Å². The number of nitrogens with one attached hydrogen (secondary N) is 2. The molecule has 6 nitrogen and oxygen atoms in total. The van der Waals surface area contributed by atoms with Crippen LogP contribution in [0, 0.1) is 0 Å². The van der Waals surface area contributed by atoms with Gasteiger partial charge in [-0.3, -0.25) is 9.69 Å². The van der Waals surface area contributed by atoms with E-state index in [-0.39, 0.29) is 28.8 Å². The predicted octanol–water partition coefficient (Wildman–Crippen LogP) is 2.74. The highest BCUT2D eigenvalue weighted by Crippen LogP contribution is 2.17. The van der Waals surface area contributed by atoms with Gasteiger partial charge < -0.3 is 5.32 Å². The smallest absolute Gasteiger partial charge is 0.240 e. The number of piperidine rings is 1. The molecule has 2 aromatic carbocycles. The van der Waals surface area contributed by atoms with E-state index in [1.165, 1.54) is 5.56 Å². The average Bonchev–Trinajstić information content (AvgIpc) is 2.78. The summed E-state index contributed by atoms with van der Waals surface area (Å²) in [7, 11) is -3.51. The third-order valence-electron chi connectivity index (χ3n) is 5.78. The largest absolute Gasteiger partial charge is 0.354 e. The minimum atomic E-state index is -3.51. The van der Waals surface area contributed by atoms with Crippen LogP contribution >= 0.6 is 0 Å². The first-order chi connectivity index (χ1) is 14.4. The molecular formula is C23H31N3O3S. The Labute approximate surface area is 179 Å². The molecule has 3 rings (SSSR count). The molecule has 2 N–H and O–H groups in total. The van der Waals surface area contributed by atoms with Crippen LogP contribution in [0.3, 0.4) is 0 Å². The molecule has 2 atom stereocenters. The predicted molar refractivity (Wildman–Crippen MR) is 119 cm³/mol. The van der Waals surface area contributed by atoms with E-state index in [0.29, 0.717) is 32.5 Å². The summed E-state index contributed by atoms with van der Waals surface area (Å²) in [5.74, 6) is 0.265. The quantitative estimate of drug-likeness (QED) is 0.676. The molecule has 1 aliphatic rings. The van der Waals surface area contributed by atoms with Crippen LogP contribution in [-0.2, 0) is 14.8 Å². The topological polar surface area (TPSA) is 78.5 Å². The third-order valence-corrected chi connectivity index (χ3v) is 7.32. The number of amides is 1. The van der Waals surface area contributed by atoms with Gasteiger partial charge >= 0.3 is 0 Å². The van der Waals surface area contributed by atoms with Crippen molar-refractivity contribution in [1.29, 1.82) is 0 Å².